The molecule has 0 bridgehead atoms. The van der Waals surface area contributed by atoms with Crippen LogP contribution >= 0.6 is 11.6 Å². The zero-order chi connectivity index (χ0) is 35.4. The molecule has 0 saturated heterocycles. The third-order valence-electron chi connectivity index (χ3n) is 7.73. The SMILES string of the molecule is CNC(=O)c1c(-c2ccc(F)cc2)oc2cc(N(C)S(C)(=O)=O)c(-c3cc(-c4cc5ccccc5n4C(=O)OC(C)(C)C)nc(Cl)n3)cc12. The summed E-state index contributed by atoms with van der Waals surface area (Å²) < 4.78 is 53.9. The van der Waals surface area contributed by atoms with Crippen molar-refractivity contribution >= 4 is 61.2 Å². The van der Waals surface area contributed by atoms with Gasteiger partial charge in [0.2, 0.25) is 15.3 Å². The maximum absolute atomic E-state index is 13.8. The number of aromatic nitrogens is 3. The normalized spacial score (nSPS) is 12.0. The summed E-state index contributed by atoms with van der Waals surface area (Å²) in [5, 5.41) is 3.50. The van der Waals surface area contributed by atoms with E-state index in [1.165, 1.54) is 49.0 Å². The minimum atomic E-state index is -3.83. The average molecular weight is 704 g/mol. The highest BCUT2D eigenvalue weighted by atomic mass is 35.5. The first-order valence-corrected chi connectivity index (χ1v) is 17.2. The predicted octanol–water partition coefficient (Wildman–Crippen LogP) is 7.51. The minimum Gasteiger partial charge on any atom is -0.455 e. The van der Waals surface area contributed by atoms with E-state index >= 15 is 0 Å². The first-order valence-electron chi connectivity index (χ1n) is 15.0. The number of sulfonamides is 1. The van der Waals surface area contributed by atoms with Crippen molar-refractivity contribution < 1.29 is 31.6 Å². The third-order valence-corrected chi connectivity index (χ3v) is 9.09. The maximum Gasteiger partial charge on any atom is 0.419 e. The topological polar surface area (TPSA) is 137 Å². The predicted molar refractivity (Wildman–Crippen MR) is 187 cm³/mol. The number of anilines is 1. The summed E-state index contributed by atoms with van der Waals surface area (Å²) in [6.45, 7) is 5.28. The highest BCUT2D eigenvalue weighted by Crippen LogP contribution is 2.42. The molecule has 0 atom stereocenters. The van der Waals surface area contributed by atoms with Crippen molar-refractivity contribution in [3.05, 3.63) is 89.5 Å². The second-order valence-corrected chi connectivity index (χ2v) is 14.7. The lowest BCUT2D eigenvalue weighted by Crippen LogP contribution is -2.27. The second kappa shape index (κ2) is 12.3. The van der Waals surface area contributed by atoms with Crippen LogP contribution in [0.4, 0.5) is 14.9 Å². The largest absolute Gasteiger partial charge is 0.455 e. The molecular weight excluding hydrogens is 673 g/mol. The Bertz CT molecular complexity index is 2400. The molecule has 3 heterocycles. The van der Waals surface area contributed by atoms with Gasteiger partial charge in [-0.05, 0) is 80.9 Å². The molecule has 3 aromatic carbocycles. The monoisotopic (exact) mass is 703 g/mol. The van der Waals surface area contributed by atoms with Crippen molar-refractivity contribution in [2.45, 2.75) is 26.4 Å². The number of ether oxygens (including phenoxy) is 1. The van der Waals surface area contributed by atoms with Gasteiger partial charge in [0, 0.05) is 42.1 Å². The standard InChI is InChI=1S/C35H31ClFN5O6S/c1-35(2,3)48-34(44)42-26-10-8-7-9-20(26)15-28(42)25-17-24(39-33(36)40-25)22-16-23-29(18-27(22)41(5)49(6,45)46)47-31(30(23)32(43)38-4)19-11-13-21(37)14-12-19/h7-18H,1-6H3,(H,38,43). The molecule has 6 rings (SSSR count). The third kappa shape index (κ3) is 6.46. The van der Waals surface area contributed by atoms with Gasteiger partial charge in [-0.2, -0.15) is 0 Å². The number of nitrogens with zero attached hydrogens (tertiary/aromatic N) is 4. The van der Waals surface area contributed by atoms with E-state index in [2.05, 4.69) is 15.3 Å². The quantitative estimate of drug-likeness (QED) is 0.176. The number of hydrogen-bond acceptors (Lipinski definition) is 8. The molecule has 0 saturated carbocycles. The van der Waals surface area contributed by atoms with E-state index in [-0.39, 0.29) is 44.8 Å². The fourth-order valence-electron chi connectivity index (χ4n) is 5.47. The molecule has 14 heteroatoms. The highest BCUT2D eigenvalue weighted by molar-refractivity contribution is 7.92. The van der Waals surface area contributed by atoms with Crippen molar-refractivity contribution in [2.24, 2.45) is 0 Å². The number of benzene rings is 3. The summed E-state index contributed by atoms with van der Waals surface area (Å²) in [6.07, 6.45) is 0.404. The molecule has 0 aliphatic carbocycles. The Balaban J connectivity index is 1.64. The van der Waals surface area contributed by atoms with Crippen molar-refractivity contribution in [1.29, 1.82) is 0 Å². The molecule has 11 nitrogen and oxygen atoms in total. The van der Waals surface area contributed by atoms with Crippen molar-refractivity contribution in [1.82, 2.24) is 19.9 Å². The Hall–Kier alpha value is -5.27. The summed E-state index contributed by atoms with van der Waals surface area (Å²) in [5.41, 5.74) is 1.76. The first-order chi connectivity index (χ1) is 23.1. The van der Waals surface area contributed by atoms with Crippen LogP contribution in [-0.4, -0.2) is 60.9 Å². The van der Waals surface area contributed by atoms with E-state index in [0.29, 0.717) is 22.2 Å². The second-order valence-electron chi connectivity index (χ2n) is 12.3. The van der Waals surface area contributed by atoms with E-state index in [1.807, 2.05) is 12.1 Å². The number of carbonyl (C=O) groups is 2. The van der Waals surface area contributed by atoms with Gasteiger partial charge >= 0.3 is 6.09 Å². The molecule has 0 spiro atoms. The van der Waals surface area contributed by atoms with E-state index in [1.54, 1.807) is 51.1 Å². The molecule has 0 unspecified atom stereocenters. The summed E-state index contributed by atoms with van der Waals surface area (Å²) in [5.74, 6) is -0.804. The molecule has 1 amide bonds. The van der Waals surface area contributed by atoms with Gasteiger partial charge < -0.3 is 14.5 Å². The number of amides is 1. The molecule has 0 aliphatic heterocycles. The number of fused-ring (bicyclic) bond motifs is 2. The first kappa shape index (κ1) is 33.6. The van der Waals surface area contributed by atoms with E-state index in [0.717, 1.165) is 15.9 Å². The van der Waals surface area contributed by atoms with Gasteiger partial charge in [0.1, 0.15) is 22.8 Å². The van der Waals surface area contributed by atoms with Crippen LogP contribution in [0.1, 0.15) is 31.1 Å². The van der Waals surface area contributed by atoms with Gasteiger partial charge in [-0.25, -0.2) is 32.1 Å². The molecule has 0 fully saturated rings. The van der Waals surface area contributed by atoms with Crippen LogP contribution in [0.5, 0.6) is 0 Å². The Kier molecular flexibility index (Phi) is 8.45. The Morgan fingerprint density at radius 1 is 1.00 bits per heavy atom. The molecule has 0 radical (unpaired) electrons. The van der Waals surface area contributed by atoms with Crippen LogP contribution in [-0.2, 0) is 14.8 Å². The van der Waals surface area contributed by atoms with E-state index in [4.69, 9.17) is 20.8 Å². The van der Waals surface area contributed by atoms with Gasteiger partial charge in [0.05, 0.1) is 40.1 Å². The molecule has 6 aromatic rings. The maximum atomic E-state index is 13.8. The van der Waals surface area contributed by atoms with Gasteiger partial charge in [-0.15, -0.1) is 0 Å². The lowest BCUT2D eigenvalue weighted by atomic mass is 10.0. The molecular formula is C35H31ClFN5O6S. The summed E-state index contributed by atoms with van der Waals surface area (Å²) >= 11 is 6.54. The molecule has 49 heavy (non-hydrogen) atoms. The van der Waals surface area contributed by atoms with Gasteiger partial charge in [-0.3, -0.25) is 9.10 Å². The highest BCUT2D eigenvalue weighted by Gasteiger charge is 2.28. The number of hydrogen-bond donors (Lipinski definition) is 1. The van der Waals surface area contributed by atoms with Gasteiger partial charge in [0.25, 0.3) is 5.91 Å². The number of carbonyl (C=O) groups excluding carboxylic acids is 2. The molecule has 1 N–H and O–H groups in total. The van der Waals surface area contributed by atoms with Crippen LogP contribution in [0, 0.1) is 5.82 Å². The number of para-hydroxylation sites is 1. The molecule has 0 aliphatic rings. The minimum absolute atomic E-state index is 0.143. The summed E-state index contributed by atoms with van der Waals surface area (Å²) in [7, 11) is -1.00. The van der Waals surface area contributed by atoms with E-state index in [9.17, 15) is 22.4 Å². The van der Waals surface area contributed by atoms with Gasteiger partial charge in [0.15, 0.2) is 0 Å². The molecule has 3 aromatic heterocycles. The number of halogens is 2. The van der Waals surface area contributed by atoms with E-state index < -0.39 is 33.4 Å². The van der Waals surface area contributed by atoms with Crippen LogP contribution < -0.4 is 9.62 Å². The molecule has 252 valence electrons. The summed E-state index contributed by atoms with van der Waals surface area (Å²) in [4.78, 5) is 35.8. The van der Waals surface area contributed by atoms with Crippen LogP contribution in [0.25, 0.3) is 55.8 Å². The smallest absolute Gasteiger partial charge is 0.419 e. The summed E-state index contributed by atoms with van der Waals surface area (Å²) in [6, 6.07) is 19.1. The van der Waals surface area contributed by atoms with Crippen LogP contribution in [0.15, 0.2) is 77.2 Å². The Morgan fingerprint density at radius 2 is 1.67 bits per heavy atom. The fraction of sp³-hybridized carbons (Fsp3) is 0.200. The van der Waals surface area contributed by atoms with Crippen LogP contribution in [0.3, 0.4) is 0 Å². The van der Waals surface area contributed by atoms with Gasteiger partial charge in [-0.1, -0.05) is 18.2 Å². The van der Waals surface area contributed by atoms with Crippen LogP contribution in [0.2, 0.25) is 5.28 Å². The zero-order valence-corrected chi connectivity index (χ0v) is 28.9. The number of furan rings is 1. The van der Waals surface area contributed by atoms with Crippen molar-refractivity contribution in [2.75, 3.05) is 24.7 Å². The zero-order valence-electron chi connectivity index (χ0n) is 27.3. The Morgan fingerprint density at radius 3 is 2.33 bits per heavy atom. The average Bonchev–Trinajstić information content (AvgIpc) is 3.61. The fourth-order valence-corrected chi connectivity index (χ4v) is 6.16. The lowest BCUT2D eigenvalue weighted by Gasteiger charge is -2.21. The van der Waals surface area contributed by atoms with Crippen molar-refractivity contribution in [3.8, 4) is 34.0 Å². The van der Waals surface area contributed by atoms with Crippen molar-refractivity contribution in [3.63, 3.8) is 0 Å². The number of rotatable bonds is 6. The number of nitrogens with one attached hydrogen (secondary N) is 1. The lowest BCUT2D eigenvalue weighted by molar-refractivity contribution is 0.0547. The Labute approximate surface area is 286 Å².